The van der Waals surface area contributed by atoms with E-state index in [1.165, 1.54) is 24.3 Å². The topological polar surface area (TPSA) is 186 Å². The number of carbonyl (C=O) groups is 4. The molecule has 5 unspecified atom stereocenters. The van der Waals surface area contributed by atoms with Gasteiger partial charge in [0, 0.05) is 23.9 Å². The number of hydrogen-bond acceptors (Lipinski definition) is 11. The summed E-state index contributed by atoms with van der Waals surface area (Å²) in [5.41, 5.74) is -5.46. The number of benzene rings is 1. The zero-order valence-corrected chi connectivity index (χ0v) is 38.7. The number of sulfonamides is 1. The van der Waals surface area contributed by atoms with Crippen LogP contribution in [0.2, 0.25) is 0 Å². The summed E-state index contributed by atoms with van der Waals surface area (Å²) in [5.74, 6) is 1.91. The predicted octanol–water partition coefficient (Wildman–Crippen LogP) is 5.68. The molecule has 0 bridgehead atoms. The number of nitrogens with zero attached hydrogens (tertiary/aromatic N) is 3. The molecule has 3 N–H and O–H groups in total. The van der Waals surface area contributed by atoms with Gasteiger partial charge in [0.05, 0.1) is 22.7 Å². The van der Waals surface area contributed by atoms with E-state index in [1.807, 2.05) is 0 Å². The molecular formula is C47H59F3N6O9S. The summed E-state index contributed by atoms with van der Waals surface area (Å²) in [6, 6.07) is 2.07. The van der Waals surface area contributed by atoms with Crippen molar-refractivity contribution < 1.29 is 55.0 Å². The van der Waals surface area contributed by atoms with Crippen LogP contribution in [-0.4, -0.2) is 113 Å². The first-order valence-electron chi connectivity index (χ1n) is 23.1. The van der Waals surface area contributed by atoms with Gasteiger partial charge in [-0.25, -0.2) is 22.9 Å². The molecule has 1 spiro atoms. The maximum absolute atomic E-state index is 15.0. The van der Waals surface area contributed by atoms with E-state index in [4.69, 9.17) is 14.2 Å². The first kappa shape index (κ1) is 47.4. The van der Waals surface area contributed by atoms with Gasteiger partial charge in [0.1, 0.15) is 35.6 Å². The molecule has 8 rings (SSSR count). The van der Waals surface area contributed by atoms with E-state index in [2.05, 4.69) is 37.1 Å². The zero-order chi connectivity index (χ0) is 47.3. The fourth-order valence-electron chi connectivity index (χ4n) is 9.53. The molecule has 5 heterocycles. The Hall–Kier alpha value is -5.09. The summed E-state index contributed by atoms with van der Waals surface area (Å²) in [6.45, 7) is 9.20. The summed E-state index contributed by atoms with van der Waals surface area (Å²) in [4.78, 5) is 64.7. The second-order valence-corrected chi connectivity index (χ2v) is 22.1. The summed E-state index contributed by atoms with van der Waals surface area (Å²) in [5, 5.41) is 5.79. The number of allylic oxidation sites excluding steroid dienone is 1. The van der Waals surface area contributed by atoms with E-state index in [1.54, 1.807) is 45.1 Å². The Morgan fingerprint density at radius 1 is 1.05 bits per heavy atom. The van der Waals surface area contributed by atoms with Crippen LogP contribution >= 0.6 is 0 Å². The maximum atomic E-state index is 15.0. The second kappa shape index (κ2) is 17.9. The fraction of sp³-hybridized carbons (Fsp3) is 0.638. The predicted molar refractivity (Wildman–Crippen MR) is 237 cm³/mol. The van der Waals surface area contributed by atoms with Crippen molar-refractivity contribution in [1.82, 2.24) is 30.1 Å². The Morgan fingerprint density at radius 2 is 1.79 bits per heavy atom. The van der Waals surface area contributed by atoms with Gasteiger partial charge in [-0.1, -0.05) is 43.3 Å². The first-order valence-corrected chi connectivity index (χ1v) is 24.6. The summed E-state index contributed by atoms with van der Waals surface area (Å²) >= 11 is 0. The number of amides is 4. The number of hydrogen-bond donors (Lipinski definition) is 3. The smallest absolute Gasteiger partial charge is 0.437 e. The van der Waals surface area contributed by atoms with Crippen molar-refractivity contribution >= 4 is 44.7 Å². The molecule has 4 aliphatic heterocycles. The number of halogens is 3. The standard InChI is InChI=1S/C47H59F3N6O9S/c1-43(2,3)65-42(60)52-35-14-10-7-5-6-9-13-30-17-20-46(30,41(59)54-66(61,62)44(4)21-22-44)53-39(57)36-28-45(29-56(36)40(35)58)19-18-32-33-27-31(63-26-25-55-23-11-8-12-24-55)15-16-34(33)51-38(37(32)64-45)47(48,49)50/h9,13,15-16,27,30,35-36H,5-8,10-12,14,18-19,21-26,28-29H2,1-4H3,(H,52,60)(H,53,57)(H,54,59). The molecule has 5 atom stereocenters. The highest BCUT2D eigenvalue weighted by atomic mass is 32.2. The highest BCUT2D eigenvalue weighted by molar-refractivity contribution is 7.91. The van der Waals surface area contributed by atoms with E-state index in [0.717, 1.165) is 25.9 Å². The van der Waals surface area contributed by atoms with Gasteiger partial charge < -0.3 is 29.7 Å². The highest BCUT2D eigenvalue weighted by Crippen LogP contribution is 2.49. The molecule has 15 nitrogen and oxygen atoms in total. The van der Waals surface area contributed by atoms with E-state index in [9.17, 15) is 27.6 Å². The normalized spacial score (nSPS) is 27.9. The van der Waals surface area contributed by atoms with Gasteiger partial charge in [-0.15, -0.1) is 0 Å². The number of rotatable bonds is 8. The molecule has 358 valence electrons. The summed E-state index contributed by atoms with van der Waals surface area (Å²) in [6.07, 6.45) is 3.97. The van der Waals surface area contributed by atoms with Crippen molar-refractivity contribution in [2.45, 2.75) is 151 Å². The largest absolute Gasteiger partial charge is 0.492 e. The van der Waals surface area contributed by atoms with Crippen LogP contribution in [0.5, 0.6) is 11.5 Å². The quantitative estimate of drug-likeness (QED) is 0.219. The lowest BCUT2D eigenvalue weighted by molar-refractivity contribution is -0.144. The third kappa shape index (κ3) is 9.81. The van der Waals surface area contributed by atoms with Crippen molar-refractivity contribution in [1.29, 1.82) is 0 Å². The SMILES string of the molecule is CC(C)(C)OC(=O)NC1CCCCCC=CC2C#CC2(C(=O)NS(=O)(=O)C2(C)CC2)NC(=O)C2CC3(CCc4c(c(C(F)(F)F)nc5ccc(OCCN6CCCCC6)cc45)O3)CN2C1=O. The maximum Gasteiger partial charge on any atom is 0.437 e. The lowest BCUT2D eigenvalue weighted by Gasteiger charge is -2.38. The Balaban J connectivity index is 1.14. The number of alkyl halides is 3. The summed E-state index contributed by atoms with van der Waals surface area (Å²) in [7, 11) is -4.19. The molecule has 1 saturated carbocycles. The molecule has 1 aromatic heterocycles. The average Bonchev–Trinajstić information content (AvgIpc) is 3.91. The van der Waals surface area contributed by atoms with Crippen LogP contribution in [0.25, 0.3) is 10.9 Å². The first-order chi connectivity index (χ1) is 31.1. The van der Waals surface area contributed by atoms with Crippen LogP contribution < -0.4 is 24.8 Å². The fourth-order valence-corrected chi connectivity index (χ4v) is 10.8. The van der Waals surface area contributed by atoms with E-state index >= 15 is 13.2 Å². The lowest BCUT2D eigenvalue weighted by Crippen LogP contribution is -2.68. The number of aryl methyl sites for hydroxylation is 1. The van der Waals surface area contributed by atoms with Crippen LogP contribution in [0.15, 0.2) is 30.4 Å². The minimum atomic E-state index is -4.96. The number of likely N-dealkylation sites (tertiary alicyclic amines) is 1. The van der Waals surface area contributed by atoms with Gasteiger partial charge in [-0.2, -0.15) is 13.2 Å². The molecule has 2 saturated heterocycles. The molecule has 3 fully saturated rings. The van der Waals surface area contributed by atoms with Crippen LogP contribution in [0.1, 0.15) is 116 Å². The molecule has 0 radical (unpaired) electrons. The van der Waals surface area contributed by atoms with Gasteiger partial charge in [0.25, 0.3) is 5.91 Å². The van der Waals surface area contributed by atoms with Crippen LogP contribution in [-0.2, 0) is 41.7 Å². The molecule has 2 aliphatic carbocycles. The second-order valence-electron chi connectivity index (χ2n) is 19.9. The molecule has 66 heavy (non-hydrogen) atoms. The number of ether oxygens (including phenoxy) is 3. The average molecular weight is 941 g/mol. The van der Waals surface area contributed by atoms with Gasteiger partial charge in [-0.05, 0) is 117 Å². The lowest BCUT2D eigenvalue weighted by atomic mass is 9.75. The Bertz CT molecular complexity index is 2470. The third-order valence-electron chi connectivity index (χ3n) is 13.6. The number of nitrogens with one attached hydrogen (secondary N) is 3. The number of alkyl carbamates (subject to hydrolysis) is 1. The Morgan fingerprint density at radius 3 is 2.47 bits per heavy atom. The number of piperidine rings is 1. The molecule has 6 aliphatic rings. The van der Waals surface area contributed by atoms with Crippen molar-refractivity contribution in [3.05, 3.63) is 41.6 Å². The van der Waals surface area contributed by atoms with E-state index in [0.29, 0.717) is 62.8 Å². The minimum Gasteiger partial charge on any atom is -0.492 e. The monoisotopic (exact) mass is 940 g/mol. The third-order valence-corrected chi connectivity index (χ3v) is 15.8. The summed E-state index contributed by atoms with van der Waals surface area (Å²) < 4.78 is 90.9. The van der Waals surface area contributed by atoms with Gasteiger partial charge >= 0.3 is 12.3 Å². The number of carbonyl (C=O) groups excluding carboxylic acids is 4. The van der Waals surface area contributed by atoms with Crippen LogP contribution in [0, 0.1) is 17.8 Å². The minimum absolute atomic E-state index is 0.0476. The van der Waals surface area contributed by atoms with Crippen molar-refractivity contribution in [3.63, 3.8) is 0 Å². The molecule has 19 heteroatoms. The van der Waals surface area contributed by atoms with Crippen LogP contribution in [0.3, 0.4) is 0 Å². The zero-order valence-electron chi connectivity index (χ0n) is 37.9. The number of aromatic nitrogens is 1. The van der Waals surface area contributed by atoms with E-state index in [-0.39, 0.29) is 43.3 Å². The Kier molecular flexibility index (Phi) is 12.8. The Labute approximate surface area is 383 Å². The van der Waals surface area contributed by atoms with Crippen molar-refractivity contribution in [2.75, 3.05) is 32.8 Å². The van der Waals surface area contributed by atoms with Crippen molar-refractivity contribution in [2.24, 2.45) is 5.92 Å². The van der Waals surface area contributed by atoms with E-state index < -0.39 is 90.9 Å². The highest BCUT2D eigenvalue weighted by Gasteiger charge is 2.59. The molecule has 4 amide bonds. The van der Waals surface area contributed by atoms with Gasteiger partial charge in [0.2, 0.25) is 21.8 Å². The van der Waals surface area contributed by atoms with Gasteiger partial charge in [-0.3, -0.25) is 19.3 Å². The number of pyridine rings is 1. The van der Waals surface area contributed by atoms with Crippen LogP contribution in [0.4, 0.5) is 18.0 Å². The molecule has 1 aromatic carbocycles. The van der Waals surface area contributed by atoms with Crippen molar-refractivity contribution in [3.8, 4) is 23.3 Å². The van der Waals surface area contributed by atoms with Gasteiger partial charge in [0.15, 0.2) is 17.0 Å². The number of fused-ring (bicyclic) bond motifs is 5. The molecule has 2 aromatic rings. The molecular weight excluding hydrogens is 882 g/mol.